The number of fused-ring (bicyclic) bond motifs is 7. The van der Waals surface area contributed by atoms with E-state index in [9.17, 15) is 14.4 Å². The topological polar surface area (TPSA) is 72.5 Å². The van der Waals surface area contributed by atoms with E-state index in [-0.39, 0.29) is 62.9 Å². The second kappa shape index (κ2) is 9.69. The largest absolute Gasteiger partial charge is 0.462 e. The molecule has 224 valence electrons. The molecule has 10 atom stereocenters. The molecule has 5 nitrogen and oxygen atoms in total. The number of ketones is 1. The minimum atomic E-state index is -0.389. The van der Waals surface area contributed by atoms with Gasteiger partial charge in [0.1, 0.15) is 6.10 Å². The Bertz CT molecular complexity index is 1110. The fraction of sp³-hybridized carbons (Fsp3) is 0.857. The lowest BCUT2D eigenvalue weighted by Crippen LogP contribution is -2.64. The van der Waals surface area contributed by atoms with Crippen LogP contribution in [-0.4, -0.2) is 29.8 Å². The van der Waals surface area contributed by atoms with Gasteiger partial charge in [0.15, 0.2) is 5.78 Å². The van der Waals surface area contributed by atoms with Crippen molar-refractivity contribution >= 4 is 17.7 Å². The quantitative estimate of drug-likeness (QED) is 0.368. The third kappa shape index (κ3) is 4.34. The van der Waals surface area contributed by atoms with Crippen LogP contribution in [-0.2, 0) is 19.1 Å². The van der Waals surface area contributed by atoms with Crippen LogP contribution in [0.4, 0.5) is 0 Å². The maximum atomic E-state index is 14.4. The Balaban J connectivity index is 1.49. The van der Waals surface area contributed by atoms with Crippen LogP contribution in [0.1, 0.15) is 127 Å². The van der Waals surface area contributed by atoms with Crippen LogP contribution >= 0.6 is 0 Å². The number of ether oxygens (including phenoxy) is 1. The van der Waals surface area contributed by atoms with Gasteiger partial charge in [-0.05, 0) is 111 Å². The molecule has 5 rings (SSSR count). The smallest absolute Gasteiger partial charge is 0.302 e. The van der Waals surface area contributed by atoms with E-state index < -0.39 is 0 Å². The van der Waals surface area contributed by atoms with Gasteiger partial charge < -0.3 is 10.1 Å². The molecule has 5 heteroatoms. The molecule has 0 bridgehead atoms. The molecule has 1 amide bonds. The molecule has 5 aliphatic carbocycles. The SMILES string of the molecule is CCC(C)NC(=O)[C@@]1(C)CC[C@]2(C)CCC3C(=CC(=O)C4[C@@]3(C)CCC3C(C)(C)[C@@H](OC(C)=O)CC[C@@]34C)[C@@H]2C1. The average Bonchev–Trinajstić information content (AvgIpc) is 2.85. The zero-order valence-electron chi connectivity index (χ0n) is 26.7. The lowest BCUT2D eigenvalue weighted by atomic mass is 9.37. The molecular formula is C35H55NO4. The molecule has 0 aliphatic heterocycles. The molecule has 0 heterocycles. The van der Waals surface area contributed by atoms with Gasteiger partial charge in [-0.25, -0.2) is 0 Å². The van der Waals surface area contributed by atoms with Gasteiger partial charge in [-0.2, -0.15) is 0 Å². The molecule has 4 saturated carbocycles. The third-order valence-electron chi connectivity index (χ3n) is 13.5. The normalized spacial score (nSPS) is 46.5. The Morgan fingerprint density at radius 2 is 1.62 bits per heavy atom. The number of carbonyl (C=O) groups excluding carboxylic acids is 3. The van der Waals surface area contributed by atoms with Crippen molar-refractivity contribution in [3.05, 3.63) is 11.6 Å². The van der Waals surface area contributed by atoms with Crippen LogP contribution in [0.5, 0.6) is 0 Å². The predicted octanol–water partition coefficient (Wildman–Crippen LogP) is 7.42. The zero-order valence-corrected chi connectivity index (χ0v) is 26.7. The summed E-state index contributed by atoms with van der Waals surface area (Å²) in [5.41, 5.74) is 0.806. The number of esters is 1. The van der Waals surface area contributed by atoms with Gasteiger partial charge >= 0.3 is 5.97 Å². The molecule has 4 fully saturated rings. The number of amides is 1. The summed E-state index contributed by atoms with van der Waals surface area (Å²) in [5, 5.41) is 3.28. The first-order valence-electron chi connectivity index (χ1n) is 16.3. The van der Waals surface area contributed by atoms with Gasteiger partial charge in [-0.3, -0.25) is 14.4 Å². The molecule has 5 aliphatic rings. The second-order valence-electron chi connectivity index (χ2n) is 16.4. The summed E-state index contributed by atoms with van der Waals surface area (Å²) >= 11 is 0. The summed E-state index contributed by atoms with van der Waals surface area (Å²) in [6, 6.07) is 0.183. The van der Waals surface area contributed by atoms with Gasteiger partial charge in [0.25, 0.3) is 0 Å². The van der Waals surface area contributed by atoms with Crippen molar-refractivity contribution in [1.82, 2.24) is 5.32 Å². The van der Waals surface area contributed by atoms with E-state index in [0.29, 0.717) is 17.6 Å². The number of hydrogen-bond donors (Lipinski definition) is 1. The van der Waals surface area contributed by atoms with Crippen LogP contribution in [0.15, 0.2) is 11.6 Å². The summed E-state index contributed by atoms with van der Waals surface area (Å²) < 4.78 is 5.85. The Kier molecular flexibility index (Phi) is 7.23. The minimum Gasteiger partial charge on any atom is -0.462 e. The summed E-state index contributed by atoms with van der Waals surface area (Å²) in [4.78, 5) is 39.9. The Morgan fingerprint density at radius 1 is 0.950 bits per heavy atom. The first-order chi connectivity index (χ1) is 18.5. The average molecular weight is 554 g/mol. The van der Waals surface area contributed by atoms with Crippen molar-refractivity contribution in [3.8, 4) is 0 Å². The second-order valence-corrected chi connectivity index (χ2v) is 16.4. The first kappa shape index (κ1) is 29.8. The van der Waals surface area contributed by atoms with E-state index in [1.807, 2.05) is 0 Å². The zero-order chi connectivity index (χ0) is 29.5. The van der Waals surface area contributed by atoms with Crippen LogP contribution in [0.2, 0.25) is 0 Å². The highest BCUT2D eigenvalue weighted by atomic mass is 16.5. The van der Waals surface area contributed by atoms with Crippen LogP contribution in [0.3, 0.4) is 0 Å². The monoisotopic (exact) mass is 553 g/mol. The molecule has 1 N–H and O–H groups in total. The number of rotatable bonds is 4. The third-order valence-corrected chi connectivity index (χ3v) is 13.5. The number of hydrogen-bond acceptors (Lipinski definition) is 4. The number of allylic oxidation sites excluding steroid dienone is 2. The van der Waals surface area contributed by atoms with Crippen molar-refractivity contribution in [2.75, 3.05) is 0 Å². The van der Waals surface area contributed by atoms with E-state index in [1.54, 1.807) is 0 Å². The highest BCUT2D eigenvalue weighted by Crippen LogP contribution is 2.71. The Hall–Kier alpha value is -1.65. The molecular weight excluding hydrogens is 498 g/mol. The van der Waals surface area contributed by atoms with Crippen molar-refractivity contribution in [2.45, 2.75) is 139 Å². The molecule has 0 spiro atoms. The van der Waals surface area contributed by atoms with Gasteiger partial charge in [-0.1, -0.05) is 54.0 Å². The summed E-state index contributed by atoms with van der Waals surface area (Å²) in [5.74, 6) is 1.34. The van der Waals surface area contributed by atoms with Gasteiger partial charge in [0, 0.05) is 29.7 Å². The van der Waals surface area contributed by atoms with E-state index in [4.69, 9.17) is 4.74 Å². The summed E-state index contributed by atoms with van der Waals surface area (Å²) in [6.45, 7) is 19.7. The van der Waals surface area contributed by atoms with E-state index in [0.717, 1.165) is 57.8 Å². The number of nitrogens with one attached hydrogen (secondary N) is 1. The lowest BCUT2D eigenvalue weighted by Gasteiger charge is -2.67. The first-order valence-corrected chi connectivity index (χ1v) is 16.3. The van der Waals surface area contributed by atoms with Crippen molar-refractivity contribution in [2.24, 2.45) is 50.7 Å². The van der Waals surface area contributed by atoms with Crippen LogP contribution < -0.4 is 5.32 Å². The molecule has 0 radical (unpaired) electrons. The Morgan fingerprint density at radius 3 is 2.27 bits per heavy atom. The highest BCUT2D eigenvalue weighted by Gasteiger charge is 2.67. The highest BCUT2D eigenvalue weighted by molar-refractivity contribution is 5.95. The van der Waals surface area contributed by atoms with Gasteiger partial charge in [0.2, 0.25) is 5.91 Å². The number of carbonyl (C=O) groups is 3. The Labute approximate surface area is 243 Å². The van der Waals surface area contributed by atoms with Crippen molar-refractivity contribution in [3.63, 3.8) is 0 Å². The van der Waals surface area contributed by atoms with Crippen LogP contribution in [0, 0.1) is 50.7 Å². The molecule has 0 aromatic carbocycles. The fourth-order valence-corrected chi connectivity index (χ4v) is 11.0. The summed E-state index contributed by atoms with van der Waals surface area (Å²) in [7, 11) is 0. The van der Waals surface area contributed by atoms with Crippen molar-refractivity contribution < 1.29 is 19.1 Å². The summed E-state index contributed by atoms with van der Waals surface area (Å²) in [6.07, 6.45) is 11.9. The van der Waals surface area contributed by atoms with Crippen molar-refractivity contribution in [1.29, 1.82) is 0 Å². The van der Waals surface area contributed by atoms with Gasteiger partial charge in [-0.15, -0.1) is 0 Å². The minimum absolute atomic E-state index is 0.00177. The lowest BCUT2D eigenvalue weighted by molar-refractivity contribution is -0.200. The van der Waals surface area contributed by atoms with E-state index in [2.05, 4.69) is 66.8 Å². The molecule has 4 unspecified atom stereocenters. The molecule has 0 aromatic heterocycles. The van der Waals surface area contributed by atoms with E-state index >= 15 is 0 Å². The molecule has 40 heavy (non-hydrogen) atoms. The van der Waals surface area contributed by atoms with E-state index in [1.165, 1.54) is 18.9 Å². The fourth-order valence-electron chi connectivity index (χ4n) is 11.0. The molecule has 0 aromatic rings. The van der Waals surface area contributed by atoms with Crippen LogP contribution in [0.25, 0.3) is 0 Å². The maximum Gasteiger partial charge on any atom is 0.302 e. The maximum absolute atomic E-state index is 14.4. The standard InChI is InChI=1S/C35H55NO4/c1-10-21(2)36-30(39)33(7)18-17-32(6)14-11-24-23(25(32)20-33)19-26(38)29-34(24,8)15-12-27-31(4,5)28(40-22(3)37)13-16-35(27,29)9/h19,21,24-25,27-29H,10-18,20H2,1-9H3,(H,36,39)/t21?,24?,25-,27?,28-,29?,32-,33-,34-,35-/m0/s1. The predicted molar refractivity (Wildman–Crippen MR) is 158 cm³/mol. The molecule has 0 saturated heterocycles. The van der Waals surface area contributed by atoms with Gasteiger partial charge in [0.05, 0.1) is 0 Å².